The zero-order valence-corrected chi connectivity index (χ0v) is 13.1. The number of benzene rings is 1. The number of carbonyl (C=O) groups excluding carboxylic acids is 1. The molecule has 0 radical (unpaired) electrons. The van der Waals surface area contributed by atoms with Crippen LogP contribution in [0.15, 0.2) is 24.3 Å². The molecule has 0 spiro atoms. The Hall–Kier alpha value is -2.41. The quantitative estimate of drug-likeness (QED) is 0.853. The summed E-state index contributed by atoms with van der Waals surface area (Å²) in [6.07, 6.45) is -0.102. The van der Waals surface area contributed by atoms with Gasteiger partial charge in [0.15, 0.2) is 0 Å². The van der Waals surface area contributed by atoms with Crippen molar-refractivity contribution >= 4 is 23.2 Å². The maximum atomic E-state index is 12.0. The number of hydrogen-bond donors (Lipinski definition) is 2. The topological polar surface area (TPSA) is 88.5 Å². The van der Waals surface area contributed by atoms with Crippen molar-refractivity contribution in [3.8, 4) is 16.3 Å². The van der Waals surface area contributed by atoms with E-state index >= 15 is 0 Å². The summed E-state index contributed by atoms with van der Waals surface area (Å²) in [7, 11) is 1.60. The van der Waals surface area contributed by atoms with Crippen LogP contribution >= 0.6 is 11.3 Å². The number of amides is 1. The molecular formula is C15H16N2O4S. The molecule has 116 valence electrons. The Labute approximate surface area is 131 Å². The van der Waals surface area contributed by atoms with Crippen molar-refractivity contribution in [2.24, 2.45) is 0 Å². The monoisotopic (exact) mass is 320 g/mol. The van der Waals surface area contributed by atoms with Crippen LogP contribution in [0.2, 0.25) is 0 Å². The normalized spacial score (nSPS) is 10.3. The number of aromatic nitrogens is 1. The number of rotatable bonds is 6. The Morgan fingerprint density at radius 2 is 2.00 bits per heavy atom. The van der Waals surface area contributed by atoms with E-state index in [1.54, 1.807) is 14.0 Å². The van der Waals surface area contributed by atoms with Crippen LogP contribution in [0.3, 0.4) is 0 Å². The van der Waals surface area contributed by atoms with Crippen LogP contribution in [-0.2, 0) is 4.79 Å². The molecule has 1 heterocycles. The first-order valence-electron chi connectivity index (χ1n) is 6.63. The van der Waals surface area contributed by atoms with E-state index in [1.165, 1.54) is 11.3 Å². The molecule has 7 heteroatoms. The summed E-state index contributed by atoms with van der Waals surface area (Å²) in [6, 6.07) is 7.42. The molecule has 2 aromatic rings. The van der Waals surface area contributed by atoms with Gasteiger partial charge < -0.3 is 15.2 Å². The van der Waals surface area contributed by atoms with Crippen LogP contribution in [-0.4, -0.2) is 35.6 Å². The summed E-state index contributed by atoms with van der Waals surface area (Å²) in [5.74, 6) is -0.486. The van der Waals surface area contributed by atoms with E-state index in [0.29, 0.717) is 10.6 Å². The van der Waals surface area contributed by atoms with Gasteiger partial charge in [-0.2, -0.15) is 0 Å². The van der Waals surface area contributed by atoms with Gasteiger partial charge in [0.25, 0.3) is 5.91 Å². The lowest BCUT2D eigenvalue weighted by Crippen LogP contribution is -2.25. The lowest BCUT2D eigenvalue weighted by molar-refractivity contribution is -0.136. The molecule has 0 unspecified atom stereocenters. The number of carboxylic acids is 1. The lowest BCUT2D eigenvalue weighted by Gasteiger charge is -2.01. The van der Waals surface area contributed by atoms with Crippen LogP contribution < -0.4 is 10.1 Å². The zero-order chi connectivity index (χ0) is 16.1. The first kappa shape index (κ1) is 16.0. The molecule has 0 aliphatic heterocycles. The Balaban J connectivity index is 2.12. The summed E-state index contributed by atoms with van der Waals surface area (Å²) in [6.45, 7) is 1.86. The molecule has 0 atom stereocenters. The maximum Gasteiger partial charge on any atom is 0.305 e. The third-order valence-corrected chi connectivity index (χ3v) is 4.17. The van der Waals surface area contributed by atoms with Crippen molar-refractivity contribution in [2.75, 3.05) is 13.7 Å². The molecule has 0 aliphatic carbocycles. The highest BCUT2D eigenvalue weighted by Crippen LogP contribution is 2.29. The predicted octanol–water partition coefficient (Wildman–Crippen LogP) is 2.33. The minimum Gasteiger partial charge on any atom is -0.497 e. The number of carbonyl (C=O) groups is 2. The number of thiazole rings is 1. The fourth-order valence-corrected chi connectivity index (χ4v) is 2.82. The zero-order valence-electron chi connectivity index (χ0n) is 12.3. The number of ether oxygens (including phenoxy) is 1. The molecular weight excluding hydrogens is 304 g/mol. The summed E-state index contributed by atoms with van der Waals surface area (Å²) < 4.78 is 5.11. The van der Waals surface area contributed by atoms with E-state index in [-0.39, 0.29) is 18.9 Å². The van der Waals surface area contributed by atoms with E-state index in [1.807, 2.05) is 24.3 Å². The van der Waals surface area contributed by atoms with Gasteiger partial charge in [0, 0.05) is 12.1 Å². The standard InChI is InChI=1S/C15H16N2O4S/c1-9-13(14(20)16-8-7-12(18)19)22-15(17-9)10-3-5-11(21-2)6-4-10/h3-6H,7-8H2,1-2H3,(H,16,20)(H,18,19). The van der Waals surface area contributed by atoms with Crippen molar-refractivity contribution in [2.45, 2.75) is 13.3 Å². The third kappa shape index (κ3) is 3.82. The highest BCUT2D eigenvalue weighted by atomic mass is 32.1. The van der Waals surface area contributed by atoms with E-state index in [9.17, 15) is 9.59 Å². The van der Waals surface area contributed by atoms with Gasteiger partial charge >= 0.3 is 5.97 Å². The molecule has 22 heavy (non-hydrogen) atoms. The summed E-state index contributed by atoms with van der Waals surface area (Å²) in [4.78, 5) is 27.4. The second kappa shape index (κ2) is 7.04. The SMILES string of the molecule is COc1ccc(-c2nc(C)c(C(=O)NCCC(=O)O)s2)cc1. The Morgan fingerprint density at radius 1 is 1.32 bits per heavy atom. The van der Waals surface area contributed by atoms with Crippen LogP contribution in [0, 0.1) is 6.92 Å². The first-order valence-corrected chi connectivity index (χ1v) is 7.44. The number of hydrogen-bond acceptors (Lipinski definition) is 5. The van der Waals surface area contributed by atoms with Crippen LogP contribution in [0.5, 0.6) is 5.75 Å². The van der Waals surface area contributed by atoms with Gasteiger partial charge in [0.2, 0.25) is 0 Å². The minimum absolute atomic E-state index is 0.101. The summed E-state index contributed by atoms with van der Waals surface area (Å²) in [5.41, 5.74) is 1.53. The number of nitrogens with one attached hydrogen (secondary N) is 1. The predicted molar refractivity (Wildman–Crippen MR) is 83.4 cm³/mol. The fraction of sp³-hybridized carbons (Fsp3) is 0.267. The van der Waals surface area contributed by atoms with Crippen molar-refractivity contribution in [3.63, 3.8) is 0 Å². The molecule has 2 rings (SSSR count). The molecule has 0 saturated carbocycles. The van der Waals surface area contributed by atoms with Gasteiger partial charge in [-0.15, -0.1) is 11.3 Å². The molecule has 0 fully saturated rings. The molecule has 0 bridgehead atoms. The summed E-state index contributed by atoms with van der Waals surface area (Å²) in [5, 5.41) is 11.9. The van der Waals surface area contributed by atoms with Gasteiger partial charge in [0.1, 0.15) is 15.6 Å². The molecule has 1 aromatic heterocycles. The maximum absolute atomic E-state index is 12.0. The average molecular weight is 320 g/mol. The number of methoxy groups -OCH3 is 1. The number of aryl methyl sites for hydroxylation is 1. The van der Waals surface area contributed by atoms with Crippen molar-refractivity contribution in [3.05, 3.63) is 34.8 Å². The highest BCUT2D eigenvalue weighted by Gasteiger charge is 2.16. The van der Waals surface area contributed by atoms with E-state index in [2.05, 4.69) is 10.3 Å². The Kier molecular flexibility index (Phi) is 5.11. The van der Waals surface area contributed by atoms with Crippen LogP contribution in [0.25, 0.3) is 10.6 Å². The van der Waals surface area contributed by atoms with Crippen molar-refractivity contribution in [1.29, 1.82) is 0 Å². The van der Waals surface area contributed by atoms with Gasteiger partial charge in [-0.3, -0.25) is 9.59 Å². The third-order valence-electron chi connectivity index (χ3n) is 2.96. The second-order valence-electron chi connectivity index (χ2n) is 4.56. The highest BCUT2D eigenvalue weighted by molar-refractivity contribution is 7.17. The Morgan fingerprint density at radius 3 is 2.59 bits per heavy atom. The van der Waals surface area contributed by atoms with Gasteiger partial charge in [-0.25, -0.2) is 4.98 Å². The first-order chi connectivity index (χ1) is 10.5. The second-order valence-corrected chi connectivity index (χ2v) is 5.56. The number of carboxylic acid groups (broad SMARTS) is 1. The molecule has 2 N–H and O–H groups in total. The fourth-order valence-electron chi connectivity index (χ4n) is 1.83. The molecule has 1 amide bonds. The molecule has 6 nitrogen and oxygen atoms in total. The summed E-state index contributed by atoms with van der Waals surface area (Å²) >= 11 is 1.28. The van der Waals surface area contributed by atoms with Crippen LogP contribution in [0.1, 0.15) is 21.8 Å². The largest absolute Gasteiger partial charge is 0.497 e. The molecule has 1 aromatic carbocycles. The smallest absolute Gasteiger partial charge is 0.305 e. The van der Waals surface area contributed by atoms with Gasteiger partial charge in [-0.1, -0.05) is 0 Å². The number of nitrogens with zero attached hydrogens (tertiary/aromatic N) is 1. The van der Waals surface area contributed by atoms with E-state index in [4.69, 9.17) is 9.84 Å². The number of aliphatic carboxylic acids is 1. The average Bonchev–Trinajstić information content (AvgIpc) is 2.89. The minimum atomic E-state index is -0.944. The molecule has 0 aliphatic rings. The van der Waals surface area contributed by atoms with Crippen molar-refractivity contribution < 1.29 is 19.4 Å². The lowest BCUT2D eigenvalue weighted by atomic mass is 10.2. The van der Waals surface area contributed by atoms with E-state index in [0.717, 1.165) is 16.3 Å². The van der Waals surface area contributed by atoms with Gasteiger partial charge in [-0.05, 0) is 31.2 Å². The molecule has 0 saturated heterocycles. The van der Waals surface area contributed by atoms with Gasteiger partial charge in [0.05, 0.1) is 19.2 Å². The van der Waals surface area contributed by atoms with Crippen LogP contribution in [0.4, 0.5) is 0 Å². The van der Waals surface area contributed by atoms with E-state index < -0.39 is 5.97 Å². The Bertz CT molecular complexity index is 679. The van der Waals surface area contributed by atoms with Crippen molar-refractivity contribution in [1.82, 2.24) is 10.3 Å².